The zero-order chi connectivity index (χ0) is 24.5. The van der Waals surface area contributed by atoms with Crippen LogP contribution in [0.25, 0.3) is 0 Å². The van der Waals surface area contributed by atoms with Crippen LogP contribution in [0.15, 0.2) is 66.0 Å². The normalized spacial score (nSPS) is 10.7. The van der Waals surface area contributed by atoms with Crippen LogP contribution in [0.1, 0.15) is 29.9 Å². The number of thiophene rings is 1. The molecule has 0 saturated heterocycles. The number of aryl methyl sites for hydroxylation is 1. The predicted molar refractivity (Wildman–Crippen MR) is 138 cm³/mol. The third kappa shape index (κ3) is 7.09. The fourth-order valence-electron chi connectivity index (χ4n) is 3.64. The van der Waals surface area contributed by atoms with Gasteiger partial charge in [-0.2, -0.15) is 0 Å². The highest BCUT2D eigenvalue weighted by molar-refractivity contribution is 7.10. The maximum atomic E-state index is 13.5. The van der Waals surface area contributed by atoms with E-state index in [0.717, 1.165) is 10.4 Å². The molecule has 0 spiro atoms. The Labute approximate surface area is 206 Å². The lowest BCUT2D eigenvalue weighted by molar-refractivity contribution is -0.133. The van der Waals surface area contributed by atoms with Gasteiger partial charge >= 0.3 is 6.03 Å². The SMILES string of the molecule is COc1ccccc1NC(=O)N(CC(=O)N(Cc1ccccc1)Cc1sccc1C)CC(C)C. The fraction of sp³-hybridized carbons (Fsp3) is 0.333. The summed E-state index contributed by atoms with van der Waals surface area (Å²) in [5.74, 6) is 0.691. The number of hydrogen-bond acceptors (Lipinski definition) is 4. The van der Waals surface area contributed by atoms with Gasteiger partial charge in [-0.05, 0) is 47.5 Å². The number of anilines is 1. The van der Waals surface area contributed by atoms with Gasteiger partial charge in [0.2, 0.25) is 5.91 Å². The topological polar surface area (TPSA) is 61.9 Å². The monoisotopic (exact) mass is 479 g/mol. The zero-order valence-electron chi connectivity index (χ0n) is 20.3. The molecule has 3 amide bonds. The summed E-state index contributed by atoms with van der Waals surface area (Å²) in [6, 6.07) is 18.9. The first-order chi connectivity index (χ1) is 16.4. The molecule has 0 bridgehead atoms. The molecule has 0 atom stereocenters. The van der Waals surface area contributed by atoms with Gasteiger partial charge in [0.25, 0.3) is 0 Å². The van der Waals surface area contributed by atoms with Crippen molar-refractivity contribution in [2.45, 2.75) is 33.9 Å². The van der Waals surface area contributed by atoms with E-state index in [9.17, 15) is 9.59 Å². The van der Waals surface area contributed by atoms with Crippen molar-refractivity contribution in [3.8, 4) is 5.75 Å². The number of methoxy groups -OCH3 is 1. The van der Waals surface area contributed by atoms with Crippen molar-refractivity contribution in [1.82, 2.24) is 9.80 Å². The Bertz CT molecular complexity index is 1080. The minimum atomic E-state index is -0.321. The second-order valence-electron chi connectivity index (χ2n) is 8.67. The second-order valence-corrected chi connectivity index (χ2v) is 9.67. The molecule has 7 heteroatoms. The zero-order valence-corrected chi connectivity index (χ0v) is 21.1. The third-order valence-electron chi connectivity index (χ3n) is 5.42. The molecule has 0 aliphatic rings. The summed E-state index contributed by atoms with van der Waals surface area (Å²) in [4.78, 5) is 31.3. The molecule has 3 aromatic rings. The van der Waals surface area contributed by atoms with Crippen LogP contribution in [-0.4, -0.2) is 41.9 Å². The van der Waals surface area contributed by atoms with Crippen LogP contribution in [0, 0.1) is 12.8 Å². The second kappa shape index (κ2) is 12.2. The van der Waals surface area contributed by atoms with E-state index in [0.29, 0.717) is 31.1 Å². The average molecular weight is 480 g/mol. The number of nitrogens with one attached hydrogen (secondary N) is 1. The molecule has 2 aromatic carbocycles. The van der Waals surface area contributed by atoms with Crippen LogP contribution >= 0.6 is 11.3 Å². The molecule has 3 rings (SSSR count). The number of nitrogens with zero attached hydrogens (tertiary/aromatic N) is 2. The Morgan fingerprint density at radius 1 is 0.971 bits per heavy atom. The van der Waals surface area contributed by atoms with E-state index >= 15 is 0 Å². The molecule has 0 unspecified atom stereocenters. The van der Waals surface area contributed by atoms with E-state index in [2.05, 4.69) is 18.3 Å². The quantitative estimate of drug-likeness (QED) is 0.401. The van der Waals surface area contributed by atoms with E-state index in [-0.39, 0.29) is 24.4 Å². The summed E-state index contributed by atoms with van der Waals surface area (Å²) in [5.41, 5.74) is 2.80. The van der Waals surface area contributed by atoms with Crippen molar-refractivity contribution >= 4 is 29.0 Å². The third-order valence-corrected chi connectivity index (χ3v) is 6.43. The molecule has 0 fully saturated rings. The predicted octanol–water partition coefficient (Wildman–Crippen LogP) is 5.78. The molecular weight excluding hydrogens is 446 g/mol. The molecular formula is C27H33N3O3S. The number of benzene rings is 2. The van der Waals surface area contributed by atoms with Crippen LogP contribution in [0.2, 0.25) is 0 Å². The maximum Gasteiger partial charge on any atom is 0.322 e. The average Bonchev–Trinajstić information content (AvgIpc) is 3.23. The van der Waals surface area contributed by atoms with Gasteiger partial charge in [0.1, 0.15) is 12.3 Å². The summed E-state index contributed by atoms with van der Waals surface area (Å²) < 4.78 is 5.36. The van der Waals surface area contributed by atoms with Crippen molar-refractivity contribution in [3.63, 3.8) is 0 Å². The maximum absolute atomic E-state index is 13.5. The van der Waals surface area contributed by atoms with Gasteiger partial charge in [0, 0.05) is 18.0 Å². The smallest absolute Gasteiger partial charge is 0.322 e. The summed E-state index contributed by atoms with van der Waals surface area (Å²) >= 11 is 1.65. The van der Waals surface area contributed by atoms with Crippen LogP contribution in [0.5, 0.6) is 5.75 Å². The van der Waals surface area contributed by atoms with Crippen LogP contribution in [0.4, 0.5) is 10.5 Å². The first kappa shape index (κ1) is 25.3. The van der Waals surface area contributed by atoms with Gasteiger partial charge in [-0.15, -0.1) is 11.3 Å². The number of carbonyl (C=O) groups is 2. The molecule has 1 N–H and O–H groups in total. The Hall–Kier alpha value is -3.32. The van der Waals surface area contributed by atoms with Crippen LogP contribution < -0.4 is 10.1 Å². The molecule has 34 heavy (non-hydrogen) atoms. The van der Waals surface area contributed by atoms with E-state index < -0.39 is 0 Å². The fourth-order valence-corrected chi connectivity index (χ4v) is 4.56. The van der Waals surface area contributed by atoms with Gasteiger partial charge < -0.3 is 19.9 Å². The Balaban J connectivity index is 1.79. The van der Waals surface area contributed by atoms with Crippen molar-refractivity contribution in [2.24, 2.45) is 5.92 Å². The van der Waals surface area contributed by atoms with E-state index in [1.807, 2.05) is 66.6 Å². The number of ether oxygens (including phenoxy) is 1. The molecule has 0 aliphatic carbocycles. The lowest BCUT2D eigenvalue weighted by Crippen LogP contribution is -2.45. The molecule has 0 saturated carbocycles. The number of para-hydroxylation sites is 2. The van der Waals surface area contributed by atoms with Crippen LogP contribution in [-0.2, 0) is 17.9 Å². The number of rotatable bonds is 10. The molecule has 6 nitrogen and oxygen atoms in total. The molecule has 1 heterocycles. The summed E-state index contributed by atoms with van der Waals surface area (Å²) in [7, 11) is 1.56. The molecule has 180 valence electrons. The summed E-state index contributed by atoms with van der Waals surface area (Å²) in [6.45, 7) is 7.58. The standard InChI is InChI=1S/C27H33N3O3S/c1-20(2)16-30(27(32)28-23-12-8-9-13-24(23)33-4)19-26(31)29(17-22-10-6-5-7-11-22)18-25-21(3)14-15-34-25/h5-15,20H,16-19H2,1-4H3,(H,28,32). The van der Waals surface area contributed by atoms with E-state index in [1.54, 1.807) is 35.5 Å². The Morgan fingerprint density at radius 2 is 1.68 bits per heavy atom. The molecule has 0 radical (unpaired) electrons. The van der Waals surface area contributed by atoms with Crippen molar-refractivity contribution in [3.05, 3.63) is 82.0 Å². The largest absolute Gasteiger partial charge is 0.495 e. The van der Waals surface area contributed by atoms with Gasteiger partial charge in [-0.25, -0.2) is 4.79 Å². The first-order valence-electron chi connectivity index (χ1n) is 11.4. The van der Waals surface area contributed by atoms with Crippen molar-refractivity contribution < 1.29 is 14.3 Å². The minimum Gasteiger partial charge on any atom is -0.495 e. The molecule has 0 aliphatic heterocycles. The number of urea groups is 1. The van der Waals surface area contributed by atoms with Crippen molar-refractivity contribution in [2.75, 3.05) is 25.5 Å². The van der Waals surface area contributed by atoms with E-state index in [1.165, 1.54) is 5.56 Å². The number of hydrogen-bond donors (Lipinski definition) is 1. The van der Waals surface area contributed by atoms with Gasteiger partial charge in [0.15, 0.2) is 0 Å². The highest BCUT2D eigenvalue weighted by atomic mass is 32.1. The number of carbonyl (C=O) groups excluding carboxylic acids is 2. The Morgan fingerprint density at radius 3 is 2.32 bits per heavy atom. The molecule has 1 aromatic heterocycles. The summed E-state index contributed by atoms with van der Waals surface area (Å²) in [6.07, 6.45) is 0. The minimum absolute atomic E-state index is 0.00355. The lowest BCUT2D eigenvalue weighted by atomic mass is 10.2. The number of amides is 3. The van der Waals surface area contributed by atoms with Gasteiger partial charge in [0.05, 0.1) is 19.3 Å². The Kier molecular flexibility index (Phi) is 9.10. The van der Waals surface area contributed by atoms with Crippen molar-refractivity contribution in [1.29, 1.82) is 0 Å². The van der Waals surface area contributed by atoms with Crippen LogP contribution in [0.3, 0.4) is 0 Å². The lowest BCUT2D eigenvalue weighted by Gasteiger charge is -2.29. The summed E-state index contributed by atoms with van der Waals surface area (Å²) in [5, 5.41) is 4.95. The highest BCUT2D eigenvalue weighted by Gasteiger charge is 2.24. The highest BCUT2D eigenvalue weighted by Crippen LogP contribution is 2.24. The van der Waals surface area contributed by atoms with Gasteiger partial charge in [-0.3, -0.25) is 4.79 Å². The van der Waals surface area contributed by atoms with E-state index in [4.69, 9.17) is 4.74 Å². The van der Waals surface area contributed by atoms with Gasteiger partial charge in [-0.1, -0.05) is 56.3 Å². The first-order valence-corrected chi connectivity index (χ1v) is 12.3.